The topological polar surface area (TPSA) is 29.9 Å². The van der Waals surface area contributed by atoms with Gasteiger partial charge in [-0.1, -0.05) is 19.9 Å². The predicted octanol–water partition coefficient (Wildman–Crippen LogP) is 3.43. The van der Waals surface area contributed by atoms with E-state index in [9.17, 15) is 4.39 Å². The van der Waals surface area contributed by atoms with Gasteiger partial charge in [-0.2, -0.15) is 5.10 Å². The van der Waals surface area contributed by atoms with Crippen LogP contribution >= 0.6 is 0 Å². The Bertz CT molecular complexity index is 602. The summed E-state index contributed by atoms with van der Waals surface area (Å²) in [5, 5.41) is 7.86. The number of nitrogens with zero attached hydrogens (tertiary/aromatic N) is 2. The number of halogens is 1. The fourth-order valence-corrected chi connectivity index (χ4v) is 2.29. The minimum absolute atomic E-state index is 0.195. The third-order valence-electron chi connectivity index (χ3n) is 3.70. The number of aryl methyl sites for hydroxylation is 1. The van der Waals surface area contributed by atoms with Crippen molar-refractivity contribution >= 4 is 0 Å². The Labute approximate surface area is 126 Å². The quantitative estimate of drug-likeness (QED) is 0.883. The smallest absolute Gasteiger partial charge is 0.123 e. The third-order valence-corrected chi connectivity index (χ3v) is 3.70. The first-order valence-electron chi connectivity index (χ1n) is 7.44. The van der Waals surface area contributed by atoms with Crippen LogP contribution in [0.2, 0.25) is 0 Å². The number of aromatic nitrogens is 2. The molecule has 0 bridgehead atoms. The summed E-state index contributed by atoms with van der Waals surface area (Å²) < 4.78 is 15.3. The molecule has 0 aliphatic rings. The lowest BCUT2D eigenvalue weighted by molar-refractivity contribution is 0.550. The van der Waals surface area contributed by atoms with Crippen molar-refractivity contribution in [2.24, 2.45) is 5.92 Å². The molecule has 1 heterocycles. The van der Waals surface area contributed by atoms with E-state index in [1.54, 1.807) is 6.07 Å². The predicted molar refractivity (Wildman–Crippen MR) is 83.7 cm³/mol. The lowest BCUT2D eigenvalue weighted by Gasteiger charge is -2.10. The standard InChI is InChI=1S/C17H24FN3/c1-12(2)8-19-9-16-10-20-21(14(16)4)11-15-7-17(18)6-5-13(15)3/h5-7,10,12,19H,8-9,11H2,1-4H3. The average Bonchev–Trinajstić information content (AvgIpc) is 2.75. The lowest BCUT2D eigenvalue weighted by atomic mass is 10.1. The molecule has 0 saturated carbocycles. The molecule has 0 amide bonds. The van der Waals surface area contributed by atoms with Gasteiger partial charge in [0.2, 0.25) is 0 Å². The molecule has 0 fully saturated rings. The van der Waals surface area contributed by atoms with E-state index in [0.29, 0.717) is 12.5 Å². The van der Waals surface area contributed by atoms with Crippen LogP contribution < -0.4 is 5.32 Å². The lowest BCUT2D eigenvalue weighted by Crippen LogP contribution is -2.19. The monoisotopic (exact) mass is 289 g/mol. The van der Waals surface area contributed by atoms with Crippen LogP contribution in [-0.4, -0.2) is 16.3 Å². The van der Waals surface area contributed by atoms with E-state index < -0.39 is 0 Å². The van der Waals surface area contributed by atoms with Gasteiger partial charge in [-0.15, -0.1) is 0 Å². The van der Waals surface area contributed by atoms with Crippen LogP contribution in [0, 0.1) is 25.6 Å². The highest BCUT2D eigenvalue weighted by Gasteiger charge is 2.09. The molecule has 0 atom stereocenters. The summed E-state index contributed by atoms with van der Waals surface area (Å²) in [6, 6.07) is 4.90. The fourth-order valence-electron chi connectivity index (χ4n) is 2.29. The van der Waals surface area contributed by atoms with E-state index in [-0.39, 0.29) is 5.82 Å². The average molecular weight is 289 g/mol. The number of benzene rings is 1. The minimum Gasteiger partial charge on any atom is -0.312 e. The molecule has 3 nitrogen and oxygen atoms in total. The highest BCUT2D eigenvalue weighted by molar-refractivity contribution is 5.27. The SMILES string of the molecule is Cc1ccc(F)cc1Cn1ncc(CNCC(C)C)c1C. The molecule has 114 valence electrons. The Kier molecular flexibility index (Phi) is 5.12. The first kappa shape index (κ1) is 15.7. The molecule has 21 heavy (non-hydrogen) atoms. The van der Waals surface area contributed by atoms with Crippen LogP contribution in [-0.2, 0) is 13.1 Å². The largest absolute Gasteiger partial charge is 0.312 e. The summed E-state index contributed by atoms with van der Waals surface area (Å²) in [4.78, 5) is 0. The number of rotatable bonds is 6. The van der Waals surface area contributed by atoms with Crippen molar-refractivity contribution in [3.63, 3.8) is 0 Å². The van der Waals surface area contributed by atoms with Crippen molar-refractivity contribution in [1.29, 1.82) is 0 Å². The second-order valence-electron chi connectivity index (χ2n) is 6.01. The van der Waals surface area contributed by atoms with Crippen LogP contribution in [0.5, 0.6) is 0 Å². The van der Waals surface area contributed by atoms with Crippen LogP contribution in [0.15, 0.2) is 24.4 Å². The second-order valence-corrected chi connectivity index (χ2v) is 6.01. The van der Waals surface area contributed by atoms with Crippen molar-refractivity contribution in [1.82, 2.24) is 15.1 Å². The van der Waals surface area contributed by atoms with Gasteiger partial charge in [0, 0.05) is 17.8 Å². The molecule has 4 heteroatoms. The van der Waals surface area contributed by atoms with E-state index >= 15 is 0 Å². The minimum atomic E-state index is -0.195. The summed E-state index contributed by atoms with van der Waals surface area (Å²) in [7, 11) is 0. The Morgan fingerprint density at radius 2 is 2.00 bits per heavy atom. The third kappa shape index (κ3) is 4.14. The van der Waals surface area contributed by atoms with E-state index in [1.165, 1.54) is 11.6 Å². The second kappa shape index (κ2) is 6.85. The summed E-state index contributed by atoms with van der Waals surface area (Å²) in [5.41, 5.74) is 4.40. The summed E-state index contributed by atoms with van der Waals surface area (Å²) in [5.74, 6) is 0.439. The maximum atomic E-state index is 13.4. The van der Waals surface area contributed by atoms with Gasteiger partial charge in [0.05, 0.1) is 12.7 Å². The first-order valence-corrected chi connectivity index (χ1v) is 7.44. The van der Waals surface area contributed by atoms with Crippen molar-refractivity contribution in [3.8, 4) is 0 Å². The first-order chi connectivity index (χ1) is 9.97. The number of hydrogen-bond acceptors (Lipinski definition) is 2. The van der Waals surface area contributed by atoms with Gasteiger partial charge in [0.1, 0.15) is 5.82 Å². The molecule has 0 radical (unpaired) electrons. The zero-order valence-electron chi connectivity index (χ0n) is 13.3. The number of nitrogens with one attached hydrogen (secondary N) is 1. The van der Waals surface area contributed by atoms with E-state index in [0.717, 1.165) is 29.9 Å². The molecule has 0 aliphatic carbocycles. The summed E-state index contributed by atoms with van der Waals surface area (Å²) in [6.07, 6.45) is 1.90. The van der Waals surface area contributed by atoms with E-state index in [1.807, 2.05) is 23.9 Å². The van der Waals surface area contributed by atoms with Crippen molar-refractivity contribution in [2.75, 3.05) is 6.54 Å². The molecular weight excluding hydrogens is 265 g/mol. The molecule has 0 aliphatic heterocycles. The molecule has 0 saturated heterocycles. The Morgan fingerprint density at radius 3 is 2.71 bits per heavy atom. The fraction of sp³-hybridized carbons (Fsp3) is 0.471. The Hall–Kier alpha value is -1.68. The van der Waals surface area contributed by atoms with Crippen molar-refractivity contribution in [2.45, 2.75) is 40.8 Å². The van der Waals surface area contributed by atoms with Gasteiger partial charge in [-0.25, -0.2) is 4.39 Å². The highest BCUT2D eigenvalue weighted by Crippen LogP contribution is 2.14. The molecule has 2 aromatic rings. The van der Waals surface area contributed by atoms with Crippen molar-refractivity contribution < 1.29 is 4.39 Å². The number of hydrogen-bond donors (Lipinski definition) is 1. The van der Waals surface area contributed by atoms with Gasteiger partial charge in [-0.3, -0.25) is 4.68 Å². The zero-order chi connectivity index (χ0) is 15.4. The highest BCUT2D eigenvalue weighted by atomic mass is 19.1. The van der Waals surface area contributed by atoms with Crippen LogP contribution in [0.1, 0.15) is 36.2 Å². The van der Waals surface area contributed by atoms with Gasteiger partial charge in [0.15, 0.2) is 0 Å². The molecule has 0 unspecified atom stereocenters. The maximum absolute atomic E-state index is 13.4. The molecule has 1 aromatic carbocycles. The molecule has 2 rings (SSSR count). The van der Waals surface area contributed by atoms with Crippen LogP contribution in [0.3, 0.4) is 0 Å². The molecule has 1 N–H and O–H groups in total. The zero-order valence-corrected chi connectivity index (χ0v) is 13.3. The Morgan fingerprint density at radius 1 is 1.24 bits per heavy atom. The van der Waals surface area contributed by atoms with E-state index in [2.05, 4.69) is 31.2 Å². The molecule has 1 aromatic heterocycles. The van der Waals surface area contributed by atoms with Gasteiger partial charge in [0.25, 0.3) is 0 Å². The Balaban J connectivity index is 2.08. The van der Waals surface area contributed by atoms with Crippen LogP contribution in [0.25, 0.3) is 0 Å². The van der Waals surface area contributed by atoms with Crippen molar-refractivity contribution in [3.05, 3.63) is 52.6 Å². The normalized spacial score (nSPS) is 11.3. The van der Waals surface area contributed by atoms with Gasteiger partial charge < -0.3 is 5.32 Å². The van der Waals surface area contributed by atoms with Crippen LogP contribution in [0.4, 0.5) is 4.39 Å². The van der Waals surface area contributed by atoms with Gasteiger partial charge >= 0.3 is 0 Å². The van der Waals surface area contributed by atoms with Gasteiger partial charge in [-0.05, 0) is 49.6 Å². The maximum Gasteiger partial charge on any atom is 0.123 e. The molecular formula is C17H24FN3. The molecule has 0 spiro atoms. The summed E-state index contributed by atoms with van der Waals surface area (Å²) >= 11 is 0. The van der Waals surface area contributed by atoms with E-state index in [4.69, 9.17) is 0 Å². The summed E-state index contributed by atoms with van der Waals surface area (Å²) in [6.45, 7) is 10.9.